The standard InChI is InChI=1S/C30H16ClN3S/c31-30-32-22-14-6-3-11-19(22)29(33-30)34-23-15-7-4-12-20(23)25-17-9-1-2-10-18(17)26-21-13-5-8-16-24(21)35-28(26)27(25)34/h1-16H. The Kier molecular flexibility index (Phi) is 3.87. The summed E-state index contributed by atoms with van der Waals surface area (Å²) < 4.78 is 4.84. The third-order valence-corrected chi connectivity index (χ3v) is 8.27. The van der Waals surface area contributed by atoms with E-state index in [1.807, 2.05) is 29.5 Å². The van der Waals surface area contributed by atoms with Gasteiger partial charge in [-0.3, -0.25) is 4.57 Å². The maximum Gasteiger partial charge on any atom is 0.224 e. The van der Waals surface area contributed by atoms with Gasteiger partial charge in [-0.25, -0.2) is 4.98 Å². The normalized spacial score (nSPS) is 12.1. The average Bonchev–Trinajstić information content (AvgIpc) is 3.45. The van der Waals surface area contributed by atoms with Crippen molar-refractivity contribution in [2.45, 2.75) is 0 Å². The molecule has 5 heteroatoms. The molecule has 0 saturated heterocycles. The molecular weight excluding hydrogens is 470 g/mol. The van der Waals surface area contributed by atoms with Gasteiger partial charge in [0, 0.05) is 31.6 Å². The molecule has 8 rings (SSSR count). The number of nitrogens with zero attached hydrogens (tertiary/aromatic N) is 3. The molecule has 0 N–H and O–H groups in total. The highest BCUT2D eigenvalue weighted by Gasteiger charge is 2.23. The van der Waals surface area contributed by atoms with Gasteiger partial charge in [0.2, 0.25) is 5.28 Å². The van der Waals surface area contributed by atoms with Gasteiger partial charge < -0.3 is 0 Å². The third kappa shape index (κ3) is 2.55. The van der Waals surface area contributed by atoms with E-state index < -0.39 is 0 Å². The van der Waals surface area contributed by atoms with Gasteiger partial charge in [0.15, 0.2) is 5.82 Å². The lowest BCUT2D eigenvalue weighted by molar-refractivity contribution is 1.07. The van der Waals surface area contributed by atoms with Gasteiger partial charge >= 0.3 is 0 Å². The lowest BCUT2D eigenvalue weighted by Gasteiger charge is -2.12. The number of fused-ring (bicyclic) bond motifs is 11. The largest absolute Gasteiger partial charge is 0.292 e. The molecule has 0 atom stereocenters. The van der Waals surface area contributed by atoms with Crippen molar-refractivity contribution < 1.29 is 0 Å². The van der Waals surface area contributed by atoms with Gasteiger partial charge in [-0.2, -0.15) is 4.98 Å². The maximum absolute atomic E-state index is 6.49. The molecule has 3 heterocycles. The second-order valence-electron chi connectivity index (χ2n) is 8.76. The predicted octanol–water partition coefficient (Wildman–Crippen LogP) is 8.90. The van der Waals surface area contributed by atoms with Crippen LogP contribution in [0.2, 0.25) is 5.28 Å². The van der Waals surface area contributed by atoms with Gasteiger partial charge in [0.1, 0.15) is 0 Å². The molecule has 0 amide bonds. The zero-order chi connectivity index (χ0) is 23.1. The summed E-state index contributed by atoms with van der Waals surface area (Å²) in [5.41, 5.74) is 3.11. The van der Waals surface area contributed by atoms with Crippen LogP contribution < -0.4 is 0 Å². The second-order valence-corrected chi connectivity index (χ2v) is 10.1. The minimum absolute atomic E-state index is 0.248. The molecule has 0 aliphatic heterocycles. The summed E-state index contributed by atoms with van der Waals surface area (Å²) in [6, 6.07) is 34.1. The zero-order valence-electron chi connectivity index (χ0n) is 18.4. The molecule has 0 unspecified atom stereocenters. The summed E-state index contributed by atoms with van der Waals surface area (Å²) in [5.74, 6) is 0.806. The van der Waals surface area contributed by atoms with E-state index in [2.05, 4.69) is 88.4 Å². The summed E-state index contributed by atoms with van der Waals surface area (Å²) in [6.07, 6.45) is 0. The molecule has 0 spiro atoms. The summed E-state index contributed by atoms with van der Waals surface area (Å²) in [5, 5.41) is 8.78. The molecule has 164 valence electrons. The summed E-state index contributed by atoms with van der Waals surface area (Å²) in [7, 11) is 0. The second kappa shape index (κ2) is 7.01. The van der Waals surface area contributed by atoms with E-state index in [9.17, 15) is 0 Å². The van der Waals surface area contributed by atoms with Crippen LogP contribution in [0.4, 0.5) is 0 Å². The summed E-state index contributed by atoms with van der Waals surface area (Å²) in [4.78, 5) is 9.30. The number of hydrogen-bond acceptors (Lipinski definition) is 3. The fourth-order valence-electron chi connectivity index (χ4n) is 5.55. The fraction of sp³-hybridized carbons (Fsp3) is 0. The monoisotopic (exact) mass is 485 g/mol. The van der Waals surface area contributed by atoms with E-state index in [1.54, 1.807) is 0 Å². The van der Waals surface area contributed by atoms with Crippen LogP contribution in [0.25, 0.3) is 69.5 Å². The first-order valence-electron chi connectivity index (χ1n) is 11.5. The number of aromatic nitrogens is 3. The topological polar surface area (TPSA) is 30.7 Å². The number of halogens is 1. The van der Waals surface area contributed by atoms with Crippen molar-refractivity contribution in [2.24, 2.45) is 0 Å². The highest BCUT2D eigenvalue weighted by atomic mass is 35.5. The van der Waals surface area contributed by atoms with Crippen molar-refractivity contribution in [3.8, 4) is 5.82 Å². The van der Waals surface area contributed by atoms with E-state index in [4.69, 9.17) is 16.6 Å². The van der Waals surface area contributed by atoms with Crippen LogP contribution >= 0.6 is 22.9 Å². The van der Waals surface area contributed by atoms with Crippen LogP contribution in [0, 0.1) is 0 Å². The smallest absolute Gasteiger partial charge is 0.224 e. The van der Waals surface area contributed by atoms with Gasteiger partial charge in [0.25, 0.3) is 0 Å². The van der Waals surface area contributed by atoms with Gasteiger partial charge in [-0.1, -0.05) is 72.8 Å². The fourth-order valence-corrected chi connectivity index (χ4v) is 6.98. The summed E-state index contributed by atoms with van der Waals surface area (Å²) in [6.45, 7) is 0. The summed E-state index contributed by atoms with van der Waals surface area (Å²) >= 11 is 8.33. The number of para-hydroxylation sites is 2. The molecule has 0 saturated carbocycles. The predicted molar refractivity (Wildman–Crippen MR) is 149 cm³/mol. The average molecular weight is 486 g/mol. The molecular formula is C30H16ClN3S. The molecule has 8 aromatic rings. The van der Waals surface area contributed by atoms with Crippen molar-refractivity contribution in [3.05, 3.63) is 102 Å². The van der Waals surface area contributed by atoms with Gasteiger partial charge in [-0.05, 0) is 46.6 Å². The molecule has 0 radical (unpaired) electrons. The first kappa shape index (κ1) is 19.3. The Balaban J connectivity index is 1.74. The molecule has 35 heavy (non-hydrogen) atoms. The Morgan fingerprint density at radius 2 is 1.23 bits per heavy atom. The van der Waals surface area contributed by atoms with Gasteiger partial charge in [0.05, 0.1) is 21.3 Å². The van der Waals surface area contributed by atoms with E-state index in [-0.39, 0.29) is 5.28 Å². The molecule has 0 aliphatic rings. The van der Waals surface area contributed by atoms with Crippen molar-refractivity contribution in [1.29, 1.82) is 0 Å². The van der Waals surface area contributed by atoms with Crippen molar-refractivity contribution in [1.82, 2.24) is 14.5 Å². The number of hydrogen-bond donors (Lipinski definition) is 0. The molecule has 5 aromatic carbocycles. The highest BCUT2D eigenvalue weighted by molar-refractivity contribution is 7.27. The van der Waals surface area contributed by atoms with Crippen molar-refractivity contribution in [2.75, 3.05) is 0 Å². The molecule has 0 fully saturated rings. The number of thiophene rings is 1. The quantitative estimate of drug-likeness (QED) is 0.217. The first-order chi connectivity index (χ1) is 17.3. The SMILES string of the molecule is Clc1nc(-n2c3ccccc3c3c4ccccc4c4c5ccccc5sc4c32)c2ccccc2n1. The van der Waals surface area contributed by atoms with Crippen LogP contribution in [0.15, 0.2) is 97.1 Å². The minimum atomic E-state index is 0.248. The van der Waals surface area contributed by atoms with E-state index >= 15 is 0 Å². The zero-order valence-corrected chi connectivity index (χ0v) is 19.9. The van der Waals surface area contributed by atoms with E-state index in [0.29, 0.717) is 0 Å². The van der Waals surface area contributed by atoms with Crippen molar-refractivity contribution in [3.63, 3.8) is 0 Å². The molecule has 0 aliphatic carbocycles. The van der Waals surface area contributed by atoms with E-state index in [0.717, 1.165) is 22.2 Å². The highest BCUT2D eigenvalue weighted by Crippen LogP contribution is 2.47. The Morgan fingerprint density at radius 1 is 0.600 bits per heavy atom. The Labute approximate surface area is 208 Å². The van der Waals surface area contributed by atoms with Gasteiger partial charge in [-0.15, -0.1) is 11.3 Å². The third-order valence-electron chi connectivity index (χ3n) is 6.92. The minimum Gasteiger partial charge on any atom is -0.292 e. The van der Waals surface area contributed by atoms with Crippen molar-refractivity contribution >= 4 is 86.6 Å². The Bertz CT molecular complexity index is 2140. The molecule has 3 aromatic heterocycles. The number of benzene rings is 5. The molecule has 0 bridgehead atoms. The van der Waals surface area contributed by atoms with Crippen LogP contribution in [0.5, 0.6) is 0 Å². The molecule has 3 nitrogen and oxygen atoms in total. The Morgan fingerprint density at radius 3 is 2.06 bits per heavy atom. The first-order valence-corrected chi connectivity index (χ1v) is 12.7. The Hall–Kier alpha value is -3.99. The van der Waals surface area contributed by atoms with E-state index in [1.165, 1.54) is 47.2 Å². The lowest BCUT2D eigenvalue weighted by atomic mass is 9.99. The van der Waals surface area contributed by atoms with Crippen LogP contribution in [0.3, 0.4) is 0 Å². The number of rotatable bonds is 1. The van der Waals surface area contributed by atoms with Crippen LogP contribution in [-0.2, 0) is 0 Å². The van der Waals surface area contributed by atoms with Crippen LogP contribution in [-0.4, -0.2) is 14.5 Å². The lowest BCUT2D eigenvalue weighted by Crippen LogP contribution is -2.01. The van der Waals surface area contributed by atoms with Crippen LogP contribution in [0.1, 0.15) is 0 Å². The maximum atomic E-state index is 6.49.